The Morgan fingerprint density at radius 3 is 2.25 bits per heavy atom. The molecule has 1 saturated heterocycles. The van der Waals surface area contributed by atoms with E-state index in [2.05, 4.69) is 12.8 Å². The molecule has 3 N–H and O–H groups in total. The van der Waals surface area contributed by atoms with Crippen molar-refractivity contribution in [2.45, 2.75) is 31.3 Å². The van der Waals surface area contributed by atoms with E-state index >= 15 is 0 Å². The van der Waals surface area contributed by atoms with Crippen LogP contribution in [-0.4, -0.2) is 40.4 Å². The molecule has 0 bridgehead atoms. The number of ether oxygens (including phenoxy) is 1. The van der Waals surface area contributed by atoms with Gasteiger partial charge in [0.2, 0.25) is 0 Å². The minimum Gasteiger partial charge on any atom is -0.394 e. The van der Waals surface area contributed by atoms with Crippen LogP contribution in [0.15, 0.2) is 0 Å². The molecule has 3 atom stereocenters. The summed E-state index contributed by atoms with van der Waals surface area (Å²) in [4.78, 5) is 0. The van der Waals surface area contributed by atoms with Crippen molar-refractivity contribution in [2.75, 3.05) is 6.61 Å². The number of terminal acetylenes is 1. The van der Waals surface area contributed by atoms with Crippen LogP contribution in [0, 0.1) is 12.8 Å². The van der Waals surface area contributed by atoms with Crippen LogP contribution in [0.4, 0.5) is 0 Å². The van der Waals surface area contributed by atoms with Gasteiger partial charge in [0.25, 0.3) is 0 Å². The number of rotatable bonds is 1. The molecule has 1 aliphatic rings. The lowest BCUT2D eigenvalue weighted by Crippen LogP contribution is -2.37. The van der Waals surface area contributed by atoms with E-state index in [9.17, 15) is 0 Å². The van der Waals surface area contributed by atoms with Crippen molar-refractivity contribution in [3.8, 4) is 12.8 Å². The molecule has 0 amide bonds. The van der Waals surface area contributed by atoms with Crippen LogP contribution in [0.25, 0.3) is 0 Å². The molecular weight excluding hydrogens is 160 g/mol. The van der Waals surface area contributed by atoms with Gasteiger partial charge >= 0.3 is 0 Å². The van der Waals surface area contributed by atoms with Crippen LogP contribution < -0.4 is 0 Å². The molecule has 0 unspecified atom stereocenters. The lowest BCUT2D eigenvalue weighted by molar-refractivity contribution is -0.197. The number of aliphatic hydroxyl groups excluding tert-OH is 3. The first-order chi connectivity index (χ1) is 5.72. The Balaban J connectivity index is 0.000000561. The molecule has 1 fully saturated rings. The van der Waals surface area contributed by atoms with E-state index in [-0.39, 0.29) is 13.0 Å². The topological polar surface area (TPSA) is 69.9 Å². The maximum atomic E-state index is 9.03. The Kier molecular flexibility index (Phi) is 5.68. The van der Waals surface area contributed by atoms with E-state index in [1.54, 1.807) is 0 Å². The molecule has 12 heavy (non-hydrogen) atoms. The van der Waals surface area contributed by atoms with E-state index in [1.165, 1.54) is 0 Å². The summed E-state index contributed by atoms with van der Waals surface area (Å²) in [5.41, 5.74) is 0. The highest BCUT2D eigenvalue weighted by atomic mass is 16.6. The Labute approximate surface area is 71.8 Å². The highest BCUT2D eigenvalue weighted by Crippen LogP contribution is 2.17. The van der Waals surface area contributed by atoms with Crippen molar-refractivity contribution in [3.63, 3.8) is 0 Å². The predicted molar refractivity (Wildman–Crippen MR) is 43.1 cm³/mol. The third-order valence-electron chi connectivity index (χ3n) is 1.56. The standard InChI is InChI=1S/C6H12O4.C2H2/c7-3-5-1-4(8)2-6(9)10-5;1-2/h4-9H,1-3H2;1-2H/t4-,5-,6+;/m0./s1. The molecule has 1 heterocycles. The summed E-state index contributed by atoms with van der Waals surface area (Å²) in [6.07, 6.45) is 6.80. The van der Waals surface area contributed by atoms with Crippen molar-refractivity contribution in [3.05, 3.63) is 0 Å². The maximum absolute atomic E-state index is 9.03. The molecule has 0 aliphatic carbocycles. The molecule has 4 heteroatoms. The summed E-state index contributed by atoms with van der Waals surface area (Å²) in [5, 5.41) is 26.5. The largest absolute Gasteiger partial charge is 0.394 e. The van der Waals surface area contributed by atoms with Crippen LogP contribution in [0.3, 0.4) is 0 Å². The van der Waals surface area contributed by atoms with E-state index in [1.807, 2.05) is 0 Å². The monoisotopic (exact) mass is 174 g/mol. The summed E-state index contributed by atoms with van der Waals surface area (Å²) in [6, 6.07) is 0. The predicted octanol–water partition coefficient (Wildman–Crippen LogP) is -0.914. The summed E-state index contributed by atoms with van der Waals surface area (Å²) in [7, 11) is 0. The van der Waals surface area contributed by atoms with Crippen LogP contribution in [0.2, 0.25) is 0 Å². The van der Waals surface area contributed by atoms with E-state index in [0.29, 0.717) is 6.42 Å². The van der Waals surface area contributed by atoms with Crippen molar-refractivity contribution in [1.82, 2.24) is 0 Å². The second-order valence-electron chi connectivity index (χ2n) is 2.52. The minimum atomic E-state index is -0.916. The van der Waals surface area contributed by atoms with Crippen molar-refractivity contribution < 1.29 is 20.1 Å². The molecule has 0 aromatic rings. The van der Waals surface area contributed by atoms with Crippen molar-refractivity contribution >= 4 is 0 Å². The third kappa shape index (κ3) is 3.69. The first kappa shape index (κ1) is 11.4. The zero-order valence-corrected chi connectivity index (χ0v) is 6.76. The summed E-state index contributed by atoms with van der Waals surface area (Å²) >= 11 is 0. The van der Waals surface area contributed by atoms with E-state index < -0.39 is 18.5 Å². The Bertz CT molecular complexity index is 124. The average Bonchev–Trinajstić information content (AvgIpc) is 2.06. The highest BCUT2D eigenvalue weighted by Gasteiger charge is 2.25. The van der Waals surface area contributed by atoms with Crippen molar-refractivity contribution in [1.29, 1.82) is 0 Å². The second-order valence-corrected chi connectivity index (χ2v) is 2.52. The molecule has 0 aromatic carbocycles. The number of aliphatic hydroxyl groups is 3. The Morgan fingerprint density at radius 2 is 1.83 bits per heavy atom. The number of hydrogen-bond acceptors (Lipinski definition) is 4. The van der Waals surface area contributed by atoms with Crippen LogP contribution in [0.5, 0.6) is 0 Å². The Hall–Kier alpha value is -0.600. The van der Waals surface area contributed by atoms with Crippen molar-refractivity contribution in [2.24, 2.45) is 0 Å². The minimum absolute atomic E-state index is 0.145. The van der Waals surface area contributed by atoms with Gasteiger partial charge in [0.1, 0.15) is 0 Å². The van der Waals surface area contributed by atoms with Gasteiger partial charge in [-0.25, -0.2) is 0 Å². The van der Waals surface area contributed by atoms with Gasteiger partial charge in [-0.2, -0.15) is 0 Å². The first-order valence-electron chi connectivity index (χ1n) is 3.68. The molecule has 4 nitrogen and oxygen atoms in total. The summed E-state index contributed by atoms with van der Waals surface area (Å²) in [5.74, 6) is 0. The fourth-order valence-electron chi connectivity index (χ4n) is 1.08. The summed E-state index contributed by atoms with van der Waals surface area (Å²) in [6.45, 7) is -0.145. The zero-order valence-electron chi connectivity index (χ0n) is 6.76. The van der Waals surface area contributed by atoms with Gasteiger partial charge in [0.15, 0.2) is 6.29 Å². The fraction of sp³-hybridized carbons (Fsp3) is 0.750. The van der Waals surface area contributed by atoms with Gasteiger partial charge in [-0.1, -0.05) is 0 Å². The smallest absolute Gasteiger partial charge is 0.157 e. The quantitative estimate of drug-likeness (QED) is 0.450. The van der Waals surface area contributed by atoms with Gasteiger partial charge in [-0.15, -0.1) is 12.8 Å². The normalized spacial score (nSPS) is 34.9. The molecule has 0 saturated carbocycles. The summed E-state index contributed by atoms with van der Waals surface area (Å²) < 4.78 is 4.85. The maximum Gasteiger partial charge on any atom is 0.157 e. The molecule has 70 valence electrons. The van der Waals surface area contributed by atoms with E-state index in [0.717, 1.165) is 0 Å². The molecule has 0 radical (unpaired) electrons. The average molecular weight is 174 g/mol. The lowest BCUT2D eigenvalue weighted by atomic mass is 10.1. The molecule has 0 spiro atoms. The van der Waals surface area contributed by atoms with Gasteiger partial charge in [-0.05, 0) is 0 Å². The van der Waals surface area contributed by atoms with Gasteiger partial charge in [0.05, 0.1) is 18.8 Å². The van der Waals surface area contributed by atoms with Crippen LogP contribution in [0.1, 0.15) is 12.8 Å². The third-order valence-corrected chi connectivity index (χ3v) is 1.56. The van der Waals surface area contributed by atoms with Gasteiger partial charge in [-0.3, -0.25) is 0 Å². The SMILES string of the molecule is C#C.OC[C@@H]1C[C@H](O)C[C@H](O)O1. The molecule has 1 rings (SSSR count). The second kappa shape index (κ2) is 5.98. The molecular formula is C8H14O4. The fourth-order valence-corrected chi connectivity index (χ4v) is 1.08. The van der Waals surface area contributed by atoms with Gasteiger partial charge < -0.3 is 20.1 Å². The highest BCUT2D eigenvalue weighted by molar-refractivity contribution is 4.71. The van der Waals surface area contributed by atoms with Gasteiger partial charge in [0, 0.05) is 12.8 Å². The lowest BCUT2D eigenvalue weighted by Gasteiger charge is -2.28. The Morgan fingerprint density at radius 1 is 1.25 bits per heavy atom. The molecule has 1 aliphatic heterocycles. The first-order valence-corrected chi connectivity index (χ1v) is 3.68. The van der Waals surface area contributed by atoms with Crippen LogP contribution >= 0.6 is 0 Å². The molecule has 0 aromatic heterocycles. The van der Waals surface area contributed by atoms with Crippen LogP contribution in [-0.2, 0) is 4.74 Å². The number of hydrogen-bond donors (Lipinski definition) is 3. The van der Waals surface area contributed by atoms with E-state index in [4.69, 9.17) is 20.1 Å². The zero-order chi connectivity index (χ0) is 9.56.